The number of ether oxygens (including phenoxy) is 2. The summed E-state index contributed by atoms with van der Waals surface area (Å²) < 4.78 is 110. The Morgan fingerprint density at radius 1 is 0.632 bits per heavy atom. The molecule has 26 heteroatoms. The molecule has 2 atom stereocenters. The third kappa shape index (κ3) is 22.0. The van der Waals surface area contributed by atoms with Crippen molar-refractivity contribution >= 4 is 72.6 Å². The molecule has 3 saturated heterocycles. The molecule has 0 radical (unpaired) electrons. The molecule has 3 fully saturated rings. The number of amides is 5. The van der Waals surface area contributed by atoms with Gasteiger partial charge in [0.2, 0.25) is 11.8 Å². The van der Waals surface area contributed by atoms with Crippen LogP contribution in [0.4, 0.5) is 41.2 Å². The average molecular weight is 1540 g/mol. The molecule has 0 saturated carbocycles. The molecule has 0 aromatic heterocycles. The second kappa shape index (κ2) is 37.7. The summed E-state index contributed by atoms with van der Waals surface area (Å²) in [5, 5.41) is 10.4. The third-order valence-corrected chi connectivity index (χ3v) is 21.0. The Morgan fingerprint density at radius 2 is 1.24 bits per heavy atom. The minimum Gasteiger partial charge on any atom is -0.465 e. The van der Waals surface area contributed by atoms with Gasteiger partial charge in [-0.15, -0.1) is 37.2 Å². The lowest BCUT2D eigenvalue weighted by atomic mass is 9.72. The lowest BCUT2D eigenvalue weighted by Gasteiger charge is -2.44. The number of rotatable bonds is 28. The zero-order valence-corrected chi connectivity index (χ0v) is 63.6. The molecule has 578 valence electrons. The number of hydrogen-bond donors (Lipinski definition) is 1. The molecule has 4 aliphatic rings. The first-order valence-corrected chi connectivity index (χ1v) is 35.8. The van der Waals surface area contributed by atoms with E-state index in [-0.39, 0.29) is 98.1 Å². The van der Waals surface area contributed by atoms with Crippen LogP contribution in [0, 0.1) is 11.2 Å². The molecule has 1 N–H and O–H groups in total. The minimum absolute atomic E-state index is 0. The fourth-order valence-corrected chi connectivity index (χ4v) is 15.3. The van der Waals surface area contributed by atoms with Gasteiger partial charge in [-0.25, -0.2) is 9.18 Å². The maximum Gasteiger partial charge on any atom is 0.416 e. The smallest absolute Gasteiger partial charge is 0.416 e. The van der Waals surface area contributed by atoms with E-state index >= 15 is 0 Å². The molecule has 1 aliphatic carbocycles. The van der Waals surface area contributed by atoms with E-state index in [9.17, 15) is 59.8 Å². The summed E-state index contributed by atoms with van der Waals surface area (Å²) in [7, 11) is 5.35. The molecule has 5 amide bonds. The number of benzene rings is 6. The topological polar surface area (TPSA) is 150 Å². The second-order valence-corrected chi connectivity index (χ2v) is 29.6. The number of nitrogens with zero attached hydrogens (tertiary/aromatic N) is 8. The Morgan fingerprint density at radius 3 is 1.88 bits per heavy atom. The maximum atomic E-state index is 14.3. The summed E-state index contributed by atoms with van der Waals surface area (Å²) in [6.45, 7) is 13.6. The van der Waals surface area contributed by atoms with E-state index in [4.69, 9.17) is 9.47 Å². The highest BCUT2D eigenvalue weighted by molar-refractivity contribution is 5.96. The molecule has 0 unspecified atom stereocenters. The van der Waals surface area contributed by atoms with Crippen molar-refractivity contribution in [3.05, 3.63) is 196 Å². The predicted octanol–water partition coefficient (Wildman–Crippen LogP) is 15.6. The lowest BCUT2D eigenvalue weighted by Crippen LogP contribution is -2.50. The normalized spacial score (nSPS) is 17.6. The van der Waals surface area contributed by atoms with Crippen molar-refractivity contribution in [2.24, 2.45) is 5.41 Å². The number of carboxylic acid groups (broad SMARTS) is 1. The van der Waals surface area contributed by atoms with E-state index in [1.54, 1.807) is 23.9 Å². The van der Waals surface area contributed by atoms with Gasteiger partial charge in [0, 0.05) is 115 Å². The summed E-state index contributed by atoms with van der Waals surface area (Å²) in [6, 6.07) is 39.6. The number of halogens is 10. The molecule has 6 aromatic rings. The largest absolute Gasteiger partial charge is 0.465 e. The average Bonchev–Trinajstić information content (AvgIpc) is 1.59. The fourth-order valence-electron chi connectivity index (χ4n) is 15.3. The summed E-state index contributed by atoms with van der Waals surface area (Å²) in [5.41, 5.74) is 1.38. The van der Waals surface area contributed by atoms with Crippen LogP contribution in [0.1, 0.15) is 139 Å². The van der Waals surface area contributed by atoms with Crippen LogP contribution in [0.25, 0.3) is 11.1 Å². The quantitative estimate of drug-likeness (QED) is 0.0369. The maximum absolute atomic E-state index is 14.3. The Balaban J connectivity index is 0.00000523. The second-order valence-electron chi connectivity index (χ2n) is 29.6. The van der Waals surface area contributed by atoms with E-state index in [1.165, 1.54) is 29.2 Å². The van der Waals surface area contributed by atoms with Crippen molar-refractivity contribution in [2.75, 3.05) is 118 Å². The zero-order chi connectivity index (χ0) is 73.9. The molecular formula is C80H100Cl3F7N8O8. The van der Waals surface area contributed by atoms with E-state index < -0.39 is 64.6 Å². The Bertz CT molecular complexity index is 3850. The number of unbranched alkanes of at least 4 members (excludes halogenated alkanes) is 2. The molecule has 10 rings (SSSR count). The zero-order valence-electron chi connectivity index (χ0n) is 61.1. The summed E-state index contributed by atoms with van der Waals surface area (Å²) >= 11 is 0. The van der Waals surface area contributed by atoms with Gasteiger partial charge in [-0.05, 0) is 159 Å². The van der Waals surface area contributed by atoms with Crippen molar-refractivity contribution < 1.29 is 69.3 Å². The van der Waals surface area contributed by atoms with Crippen LogP contribution in [0.15, 0.2) is 146 Å². The SMILES string of the molecule is CN(CCN1CCC(N(C(=O)O)c2ccccc2-c2ccccc2)CC1)C(=O)CCCCCN(Cc1ccc(C(=O)N(C)CCCN(C)C(=O)CO[C@H]2Cc3ccccc3C23CCN(CC[C@@]2(c4ccc(F)cc4)CN(C(=O)c4cc(C(F)(F)F)cc(C(F)(F)F)c4)CO2)CC3)cc1)CC(C)(C)C.Cl.Cl.Cl. The Labute approximate surface area is 636 Å². The number of likely N-dealkylation sites (N-methyl/N-ethyl adjacent to an activating group) is 2. The van der Waals surface area contributed by atoms with E-state index in [2.05, 4.69) is 47.6 Å². The van der Waals surface area contributed by atoms with Crippen LogP contribution >= 0.6 is 37.2 Å². The highest BCUT2D eigenvalue weighted by Crippen LogP contribution is 2.49. The first-order chi connectivity index (χ1) is 49.0. The molecule has 3 heterocycles. The molecule has 1 spiro atoms. The number of likely N-dealkylation sites (tertiary alicyclic amines) is 2. The first kappa shape index (κ1) is 85.9. The van der Waals surface area contributed by atoms with Gasteiger partial charge in [0.05, 0.1) is 29.5 Å². The standard InChI is InChI=1S/C80H97F7N8O8.3ClH/c1-76(2,3)54-93(40-16-8-11-24-71(96)89(5)46-47-91-41-33-66(34-42-91)95(75(100)101)69-23-15-13-21-67(69)58-18-9-7-10-19-58)52-57-25-27-59(28-26-57)73(98)90(6)39-17-38-88(4)72(97)53-102-70-50-60-20-12-14-22-68(60)77(70)35-43-92(44-36-77)45-37-78(62-29-31-65(81)32-30-62)55-94(56-103-78)74(99)61-48-63(79(82,83)84)51-64(49-61)80(85,86)87;;;/h7,9-10,12-15,18-23,25-32,48-49,51,66,70H,8,11,16-17,24,33-47,50,52-56H2,1-6H3,(H,100,101);3*1H/t70-,78-;;;/m0.../s1. The number of fused-ring (bicyclic) bond motifs is 2. The summed E-state index contributed by atoms with van der Waals surface area (Å²) in [6.07, 6.45) is -4.29. The number of anilines is 1. The molecule has 0 bridgehead atoms. The molecule has 3 aliphatic heterocycles. The molecule has 106 heavy (non-hydrogen) atoms. The molecule has 6 aromatic carbocycles. The highest BCUT2D eigenvalue weighted by atomic mass is 35.5. The highest BCUT2D eigenvalue weighted by Gasteiger charge is 2.50. The number of hydrogen-bond acceptors (Lipinski definition) is 10. The van der Waals surface area contributed by atoms with E-state index in [0.29, 0.717) is 120 Å². The van der Waals surface area contributed by atoms with Crippen molar-refractivity contribution in [3.8, 4) is 11.1 Å². The molecule has 16 nitrogen and oxygen atoms in total. The third-order valence-electron chi connectivity index (χ3n) is 21.0. The van der Waals surface area contributed by atoms with Crippen molar-refractivity contribution in [1.82, 2.24) is 34.3 Å². The van der Waals surface area contributed by atoms with Crippen molar-refractivity contribution in [1.29, 1.82) is 0 Å². The predicted molar refractivity (Wildman–Crippen MR) is 403 cm³/mol. The summed E-state index contributed by atoms with van der Waals surface area (Å²) in [5.74, 6) is -1.80. The van der Waals surface area contributed by atoms with Crippen LogP contribution in [0.5, 0.6) is 0 Å². The van der Waals surface area contributed by atoms with Crippen molar-refractivity contribution in [3.63, 3.8) is 0 Å². The van der Waals surface area contributed by atoms with Crippen LogP contribution in [0.3, 0.4) is 0 Å². The van der Waals surface area contributed by atoms with Crippen molar-refractivity contribution in [2.45, 2.75) is 133 Å². The van der Waals surface area contributed by atoms with Crippen LogP contribution < -0.4 is 4.90 Å². The summed E-state index contributed by atoms with van der Waals surface area (Å²) in [4.78, 5) is 82.0. The number of carbonyl (C=O) groups is 5. The number of alkyl halides is 6. The van der Waals surface area contributed by atoms with Crippen LogP contribution in [-0.2, 0) is 55.4 Å². The number of para-hydroxylation sites is 1. The van der Waals surface area contributed by atoms with Gasteiger partial charge in [-0.2, -0.15) is 26.3 Å². The van der Waals surface area contributed by atoms with E-state index in [0.717, 1.165) is 84.7 Å². The Hall–Kier alpha value is -7.35. The lowest BCUT2D eigenvalue weighted by molar-refractivity contribution is -0.143. The van der Waals surface area contributed by atoms with Gasteiger partial charge >= 0.3 is 18.4 Å². The molecular weight excluding hydrogens is 1440 g/mol. The van der Waals surface area contributed by atoms with Crippen LogP contribution in [-0.4, -0.2) is 194 Å². The Kier molecular flexibility index (Phi) is 30.5. The minimum atomic E-state index is -5.15. The van der Waals surface area contributed by atoms with Gasteiger partial charge in [-0.3, -0.25) is 29.0 Å². The van der Waals surface area contributed by atoms with Gasteiger partial charge in [-0.1, -0.05) is 124 Å². The van der Waals surface area contributed by atoms with Gasteiger partial charge < -0.3 is 44.0 Å². The fraction of sp³-hybridized carbons (Fsp3) is 0.487. The van der Waals surface area contributed by atoms with Gasteiger partial charge in [0.15, 0.2) is 0 Å². The number of piperidine rings is 2. The van der Waals surface area contributed by atoms with Gasteiger partial charge in [0.1, 0.15) is 24.8 Å². The first-order valence-electron chi connectivity index (χ1n) is 35.8. The van der Waals surface area contributed by atoms with Crippen LogP contribution in [0.2, 0.25) is 0 Å². The van der Waals surface area contributed by atoms with Gasteiger partial charge in [0.25, 0.3) is 11.8 Å². The number of carbonyl (C=O) groups excluding carboxylic acids is 4. The monoisotopic (exact) mass is 1540 g/mol. The van der Waals surface area contributed by atoms with E-state index in [1.807, 2.05) is 103 Å².